The summed E-state index contributed by atoms with van der Waals surface area (Å²) in [5.74, 6) is -0.252. The molecule has 0 unspecified atom stereocenters. The second kappa shape index (κ2) is 9.54. The molecule has 0 saturated carbocycles. The van der Waals surface area contributed by atoms with E-state index in [9.17, 15) is 9.59 Å². The third-order valence-electron chi connectivity index (χ3n) is 5.22. The van der Waals surface area contributed by atoms with Crippen molar-refractivity contribution in [3.63, 3.8) is 0 Å². The summed E-state index contributed by atoms with van der Waals surface area (Å²) in [6, 6.07) is 13.8. The van der Waals surface area contributed by atoms with Gasteiger partial charge in [0.2, 0.25) is 5.91 Å². The molecule has 6 heteroatoms. The quantitative estimate of drug-likeness (QED) is 0.814. The molecule has 2 heterocycles. The van der Waals surface area contributed by atoms with E-state index >= 15 is 0 Å². The Morgan fingerprint density at radius 2 is 2.00 bits per heavy atom. The number of rotatable bonds is 5. The molecule has 0 radical (unpaired) electrons. The lowest BCUT2D eigenvalue weighted by Gasteiger charge is -2.40. The van der Waals surface area contributed by atoms with Crippen LogP contribution in [0.25, 0.3) is 0 Å². The van der Waals surface area contributed by atoms with Gasteiger partial charge in [0.1, 0.15) is 0 Å². The molecule has 1 saturated heterocycles. The van der Waals surface area contributed by atoms with Crippen LogP contribution < -0.4 is 10.6 Å². The van der Waals surface area contributed by atoms with E-state index in [-0.39, 0.29) is 29.9 Å². The molecular formula is C23H30N4O2. The Hall–Kier alpha value is -2.89. The largest absolute Gasteiger partial charge is 0.350 e. The zero-order valence-electron chi connectivity index (χ0n) is 17.4. The maximum atomic E-state index is 12.9. The number of benzene rings is 1. The first-order valence-electron chi connectivity index (χ1n) is 10.3. The van der Waals surface area contributed by atoms with Crippen molar-refractivity contribution in [2.45, 2.75) is 52.2 Å². The van der Waals surface area contributed by atoms with Gasteiger partial charge in [0.15, 0.2) is 0 Å². The average molecular weight is 395 g/mol. The van der Waals surface area contributed by atoms with Crippen molar-refractivity contribution >= 4 is 11.9 Å². The number of hydrogen-bond donors (Lipinski definition) is 2. The van der Waals surface area contributed by atoms with Gasteiger partial charge in [-0.25, -0.2) is 4.79 Å². The molecule has 154 valence electrons. The standard InChI is InChI=1S/C23H30N4O2/c1-16(2)26-23(29)27-15-19(22(28)25-14-20-9-4-5-12-24-20)10-11-21(27)18-8-6-7-17(3)13-18/h4-9,12-13,16,19,21H,10-11,14-15H2,1-3H3,(H,25,28)(H,26,29)/t19-,21-/m0/s1. The fourth-order valence-corrected chi connectivity index (χ4v) is 3.79. The van der Waals surface area contributed by atoms with E-state index in [4.69, 9.17) is 0 Å². The molecule has 1 aromatic carbocycles. The van der Waals surface area contributed by atoms with Crippen LogP contribution in [0.15, 0.2) is 48.7 Å². The molecule has 2 N–H and O–H groups in total. The highest BCUT2D eigenvalue weighted by Gasteiger charge is 2.35. The van der Waals surface area contributed by atoms with E-state index in [1.54, 1.807) is 6.20 Å². The highest BCUT2D eigenvalue weighted by atomic mass is 16.2. The van der Waals surface area contributed by atoms with Crippen molar-refractivity contribution in [3.05, 3.63) is 65.5 Å². The molecule has 3 amide bonds. The minimum absolute atomic E-state index is 0.0199. The summed E-state index contributed by atoms with van der Waals surface area (Å²) in [5, 5.41) is 5.96. The van der Waals surface area contributed by atoms with E-state index < -0.39 is 0 Å². The molecule has 1 aliphatic heterocycles. The van der Waals surface area contributed by atoms with Gasteiger partial charge in [0.25, 0.3) is 0 Å². The Balaban J connectivity index is 1.71. The van der Waals surface area contributed by atoms with E-state index in [1.165, 1.54) is 5.56 Å². The number of urea groups is 1. The lowest BCUT2D eigenvalue weighted by Crippen LogP contribution is -2.51. The lowest BCUT2D eigenvalue weighted by molar-refractivity contribution is -0.127. The van der Waals surface area contributed by atoms with E-state index in [1.807, 2.05) is 43.0 Å². The maximum absolute atomic E-state index is 12.9. The minimum Gasteiger partial charge on any atom is -0.350 e. The van der Waals surface area contributed by atoms with Gasteiger partial charge in [-0.1, -0.05) is 35.9 Å². The van der Waals surface area contributed by atoms with Gasteiger partial charge in [-0.15, -0.1) is 0 Å². The average Bonchev–Trinajstić information content (AvgIpc) is 2.72. The van der Waals surface area contributed by atoms with Crippen molar-refractivity contribution in [2.75, 3.05) is 6.54 Å². The molecule has 2 aromatic rings. The number of piperidine rings is 1. The van der Waals surface area contributed by atoms with Gasteiger partial charge in [0, 0.05) is 18.8 Å². The van der Waals surface area contributed by atoms with Crippen LogP contribution in [-0.4, -0.2) is 34.4 Å². The summed E-state index contributed by atoms with van der Waals surface area (Å²) in [6.07, 6.45) is 3.22. The Bertz CT molecular complexity index is 838. The summed E-state index contributed by atoms with van der Waals surface area (Å²) in [6.45, 7) is 6.75. The van der Waals surface area contributed by atoms with Crippen LogP contribution in [0.2, 0.25) is 0 Å². The topological polar surface area (TPSA) is 74.3 Å². The zero-order valence-corrected chi connectivity index (χ0v) is 17.4. The fraction of sp³-hybridized carbons (Fsp3) is 0.435. The zero-order chi connectivity index (χ0) is 20.8. The van der Waals surface area contributed by atoms with Gasteiger partial charge in [-0.2, -0.15) is 0 Å². The number of hydrogen-bond acceptors (Lipinski definition) is 3. The Kier molecular flexibility index (Phi) is 6.86. The number of pyridine rings is 1. The van der Waals surface area contributed by atoms with Gasteiger partial charge < -0.3 is 15.5 Å². The molecule has 29 heavy (non-hydrogen) atoms. The molecule has 6 nitrogen and oxygen atoms in total. The molecule has 3 rings (SSSR count). The normalized spacial score (nSPS) is 19.1. The highest BCUT2D eigenvalue weighted by Crippen LogP contribution is 2.34. The number of carbonyl (C=O) groups is 2. The minimum atomic E-state index is -0.224. The van der Waals surface area contributed by atoms with Crippen molar-refractivity contribution in [1.82, 2.24) is 20.5 Å². The molecule has 0 aliphatic carbocycles. The van der Waals surface area contributed by atoms with E-state index in [0.717, 1.165) is 24.1 Å². The van der Waals surface area contributed by atoms with Crippen molar-refractivity contribution in [1.29, 1.82) is 0 Å². The number of aryl methyl sites for hydroxylation is 1. The van der Waals surface area contributed by atoms with Crippen LogP contribution in [0, 0.1) is 12.8 Å². The fourth-order valence-electron chi connectivity index (χ4n) is 3.79. The third-order valence-corrected chi connectivity index (χ3v) is 5.22. The van der Waals surface area contributed by atoms with Gasteiger partial charge in [0.05, 0.1) is 24.2 Å². The predicted octanol–water partition coefficient (Wildman–Crippen LogP) is 3.58. The Morgan fingerprint density at radius 3 is 2.69 bits per heavy atom. The van der Waals surface area contributed by atoms with Crippen molar-refractivity contribution < 1.29 is 9.59 Å². The second-order valence-electron chi connectivity index (χ2n) is 8.00. The van der Waals surface area contributed by atoms with E-state index in [2.05, 4.69) is 40.7 Å². The maximum Gasteiger partial charge on any atom is 0.318 e. The molecule has 1 aliphatic rings. The summed E-state index contributed by atoms with van der Waals surface area (Å²) in [4.78, 5) is 31.7. The molecule has 1 aromatic heterocycles. The molecule has 0 bridgehead atoms. The molecule has 0 spiro atoms. The summed E-state index contributed by atoms with van der Waals surface area (Å²) < 4.78 is 0. The number of carbonyl (C=O) groups excluding carboxylic acids is 2. The van der Waals surface area contributed by atoms with Crippen LogP contribution in [-0.2, 0) is 11.3 Å². The molecule has 1 fully saturated rings. The number of likely N-dealkylation sites (tertiary alicyclic amines) is 1. The van der Waals surface area contributed by atoms with Crippen molar-refractivity contribution in [2.24, 2.45) is 5.92 Å². The third kappa shape index (κ3) is 5.56. The van der Waals surface area contributed by atoms with Crippen LogP contribution in [0.4, 0.5) is 4.79 Å². The number of amides is 3. The smallest absolute Gasteiger partial charge is 0.318 e. The van der Waals surface area contributed by atoms with Crippen LogP contribution >= 0.6 is 0 Å². The lowest BCUT2D eigenvalue weighted by atomic mass is 9.88. The molecule has 2 atom stereocenters. The number of nitrogens with zero attached hydrogens (tertiary/aromatic N) is 2. The predicted molar refractivity (Wildman–Crippen MR) is 113 cm³/mol. The SMILES string of the molecule is Cc1cccc([C@@H]2CC[C@H](C(=O)NCc3ccccn3)CN2C(=O)NC(C)C)c1. The van der Waals surface area contributed by atoms with Crippen molar-refractivity contribution in [3.8, 4) is 0 Å². The van der Waals surface area contributed by atoms with Crippen LogP contribution in [0.3, 0.4) is 0 Å². The summed E-state index contributed by atoms with van der Waals surface area (Å²) in [5.41, 5.74) is 3.11. The van der Waals surface area contributed by atoms with Crippen LogP contribution in [0.1, 0.15) is 49.6 Å². The first kappa shape index (κ1) is 20.8. The van der Waals surface area contributed by atoms with Gasteiger partial charge in [-0.3, -0.25) is 9.78 Å². The first-order chi connectivity index (χ1) is 13.9. The number of nitrogens with one attached hydrogen (secondary N) is 2. The van der Waals surface area contributed by atoms with E-state index in [0.29, 0.717) is 13.1 Å². The number of aromatic nitrogens is 1. The molecular weight excluding hydrogens is 364 g/mol. The Morgan fingerprint density at radius 1 is 1.17 bits per heavy atom. The first-order valence-corrected chi connectivity index (χ1v) is 10.3. The Labute approximate surface area is 172 Å². The second-order valence-corrected chi connectivity index (χ2v) is 8.00. The summed E-state index contributed by atoms with van der Waals surface area (Å²) in [7, 11) is 0. The highest BCUT2D eigenvalue weighted by molar-refractivity contribution is 5.81. The summed E-state index contributed by atoms with van der Waals surface area (Å²) >= 11 is 0. The van der Waals surface area contributed by atoms with Crippen LogP contribution in [0.5, 0.6) is 0 Å². The van der Waals surface area contributed by atoms with Gasteiger partial charge in [-0.05, 0) is 51.3 Å². The monoisotopic (exact) mass is 394 g/mol. The van der Waals surface area contributed by atoms with Gasteiger partial charge >= 0.3 is 6.03 Å².